The summed E-state index contributed by atoms with van der Waals surface area (Å²) in [4.78, 5) is 10.7. The van der Waals surface area contributed by atoms with Gasteiger partial charge in [-0.15, -0.1) is 0 Å². The van der Waals surface area contributed by atoms with Crippen LogP contribution >= 0.6 is 23.2 Å². The molecular formula is C10H5Cl2FN2O2. The van der Waals surface area contributed by atoms with Crippen LogP contribution in [0.3, 0.4) is 0 Å². The Hall–Kier alpha value is -1.59. The molecule has 1 aromatic carbocycles. The Kier molecular flexibility index (Phi) is 3.04. The molecule has 2 aromatic rings. The summed E-state index contributed by atoms with van der Waals surface area (Å²) in [6, 6.07) is 3.91. The quantitative estimate of drug-likeness (QED) is 0.827. The number of aromatic amines is 1. The molecule has 1 aromatic heterocycles. The predicted octanol–water partition coefficient (Wildman–Crippen LogP) is 3.22. The number of carboxylic acid groups (broad SMARTS) is 1. The molecule has 2 N–H and O–H groups in total. The van der Waals surface area contributed by atoms with Crippen LogP contribution < -0.4 is 0 Å². The minimum Gasteiger partial charge on any atom is -0.477 e. The molecule has 0 amide bonds. The van der Waals surface area contributed by atoms with Gasteiger partial charge in [-0.1, -0.05) is 23.2 Å². The van der Waals surface area contributed by atoms with Crippen LogP contribution in [0.2, 0.25) is 10.0 Å². The van der Waals surface area contributed by atoms with E-state index in [0.717, 1.165) is 0 Å². The van der Waals surface area contributed by atoms with E-state index >= 15 is 0 Å². The van der Waals surface area contributed by atoms with E-state index in [1.807, 2.05) is 0 Å². The lowest BCUT2D eigenvalue weighted by Gasteiger charge is -2.03. The van der Waals surface area contributed by atoms with E-state index in [0.29, 0.717) is 0 Å². The van der Waals surface area contributed by atoms with Crippen molar-refractivity contribution in [1.82, 2.24) is 10.2 Å². The van der Waals surface area contributed by atoms with Gasteiger partial charge in [0.05, 0.1) is 21.3 Å². The van der Waals surface area contributed by atoms with Gasteiger partial charge in [-0.05, 0) is 18.2 Å². The summed E-state index contributed by atoms with van der Waals surface area (Å²) in [5.74, 6) is -1.93. The minimum absolute atomic E-state index is 0.0251. The van der Waals surface area contributed by atoms with Crippen molar-refractivity contribution in [2.75, 3.05) is 0 Å². The number of aromatic carboxylic acids is 1. The van der Waals surface area contributed by atoms with Gasteiger partial charge >= 0.3 is 5.97 Å². The molecule has 0 radical (unpaired) electrons. The van der Waals surface area contributed by atoms with Crippen molar-refractivity contribution in [2.24, 2.45) is 0 Å². The first-order valence-electron chi connectivity index (χ1n) is 4.43. The topological polar surface area (TPSA) is 66.0 Å². The van der Waals surface area contributed by atoms with E-state index in [9.17, 15) is 9.18 Å². The molecule has 0 spiro atoms. The second-order valence-corrected chi connectivity index (χ2v) is 4.00. The van der Waals surface area contributed by atoms with Gasteiger partial charge in [0.25, 0.3) is 0 Å². The lowest BCUT2D eigenvalue weighted by Crippen LogP contribution is -1.95. The molecule has 0 unspecified atom stereocenters. The van der Waals surface area contributed by atoms with Crippen LogP contribution in [-0.4, -0.2) is 21.3 Å². The van der Waals surface area contributed by atoms with Gasteiger partial charge in [-0.25, -0.2) is 9.18 Å². The molecule has 0 aliphatic rings. The number of H-pyrrole nitrogens is 1. The van der Waals surface area contributed by atoms with Crippen LogP contribution in [-0.2, 0) is 0 Å². The highest BCUT2D eigenvalue weighted by atomic mass is 35.5. The van der Waals surface area contributed by atoms with Gasteiger partial charge in [0.15, 0.2) is 5.82 Å². The fourth-order valence-electron chi connectivity index (χ4n) is 1.32. The Morgan fingerprint density at radius 2 is 2.00 bits per heavy atom. The van der Waals surface area contributed by atoms with E-state index in [2.05, 4.69) is 10.2 Å². The number of rotatable bonds is 2. The summed E-state index contributed by atoms with van der Waals surface area (Å²) in [6.45, 7) is 0. The Labute approximate surface area is 105 Å². The summed E-state index contributed by atoms with van der Waals surface area (Å²) in [6.07, 6.45) is 0. The SMILES string of the molecule is O=C(O)c1cc(-c2c(Cl)ccc(Cl)c2F)n[nH]1. The van der Waals surface area contributed by atoms with Crippen LogP contribution in [0.4, 0.5) is 4.39 Å². The average Bonchev–Trinajstić information content (AvgIpc) is 2.73. The molecule has 2 rings (SSSR count). The lowest BCUT2D eigenvalue weighted by molar-refractivity contribution is 0.0690. The number of hydrogen-bond donors (Lipinski definition) is 2. The van der Waals surface area contributed by atoms with Gasteiger partial charge < -0.3 is 5.11 Å². The van der Waals surface area contributed by atoms with Crippen LogP contribution in [0, 0.1) is 5.82 Å². The van der Waals surface area contributed by atoms with Gasteiger partial charge in [0.2, 0.25) is 0 Å². The highest BCUT2D eigenvalue weighted by Gasteiger charge is 2.17. The number of nitrogens with one attached hydrogen (secondary N) is 1. The Morgan fingerprint density at radius 1 is 1.35 bits per heavy atom. The average molecular weight is 275 g/mol. The summed E-state index contributed by atoms with van der Waals surface area (Å²) in [5.41, 5.74) is -0.0919. The van der Waals surface area contributed by atoms with Crippen molar-refractivity contribution in [2.45, 2.75) is 0 Å². The smallest absolute Gasteiger partial charge is 0.353 e. The molecule has 1 heterocycles. The highest BCUT2D eigenvalue weighted by Crippen LogP contribution is 2.33. The summed E-state index contributed by atoms with van der Waals surface area (Å²) >= 11 is 11.4. The zero-order valence-corrected chi connectivity index (χ0v) is 9.68. The predicted molar refractivity (Wildman–Crippen MR) is 61.0 cm³/mol. The Bertz CT molecular complexity index is 598. The first-order chi connectivity index (χ1) is 8.00. The van der Waals surface area contributed by atoms with Crippen molar-refractivity contribution >= 4 is 29.2 Å². The van der Waals surface area contributed by atoms with Gasteiger partial charge in [0, 0.05) is 0 Å². The van der Waals surface area contributed by atoms with Crippen molar-refractivity contribution in [3.63, 3.8) is 0 Å². The van der Waals surface area contributed by atoms with Crippen molar-refractivity contribution in [1.29, 1.82) is 0 Å². The molecule has 0 saturated heterocycles. The third kappa shape index (κ3) is 2.11. The zero-order valence-electron chi connectivity index (χ0n) is 8.17. The number of carbonyl (C=O) groups is 1. The zero-order chi connectivity index (χ0) is 12.6. The van der Waals surface area contributed by atoms with Crippen LogP contribution in [0.1, 0.15) is 10.5 Å². The number of hydrogen-bond acceptors (Lipinski definition) is 2. The summed E-state index contributed by atoms with van der Waals surface area (Å²) < 4.78 is 13.7. The molecule has 0 fully saturated rings. The summed E-state index contributed by atoms with van der Waals surface area (Å²) in [7, 11) is 0. The maximum absolute atomic E-state index is 13.7. The molecule has 0 bridgehead atoms. The first-order valence-corrected chi connectivity index (χ1v) is 5.19. The number of carboxylic acids is 1. The first kappa shape index (κ1) is 11.9. The van der Waals surface area contributed by atoms with E-state index in [1.165, 1.54) is 18.2 Å². The van der Waals surface area contributed by atoms with Crippen LogP contribution in [0.25, 0.3) is 11.3 Å². The monoisotopic (exact) mass is 274 g/mol. The molecule has 17 heavy (non-hydrogen) atoms. The second-order valence-electron chi connectivity index (χ2n) is 3.19. The molecule has 0 aliphatic carbocycles. The summed E-state index contributed by atoms with van der Waals surface area (Å²) in [5, 5.41) is 14.7. The molecule has 4 nitrogen and oxygen atoms in total. The van der Waals surface area contributed by atoms with Gasteiger partial charge in [-0.2, -0.15) is 5.10 Å². The van der Waals surface area contributed by atoms with Gasteiger partial charge in [-0.3, -0.25) is 5.10 Å². The third-order valence-corrected chi connectivity index (χ3v) is 2.72. The second kappa shape index (κ2) is 4.35. The number of aromatic nitrogens is 2. The van der Waals surface area contributed by atoms with Crippen LogP contribution in [0.15, 0.2) is 18.2 Å². The highest BCUT2D eigenvalue weighted by molar-refractivity contribution is 6.35. The van der Waals surface area contributed by atoms with Crippen molar-refractivity contribution in [3.05, 3.63) is 39.8 Å². The minimum atomic E-state index is -1.19. The number of halogens is 3. The van der Waals surface area contributed by atoms with E-state index in [-0.39, 0.29) is 27.0 Å². The van der Waals surface area contributed by atoms with Gasteiger partial charge in [0.1, 0.15) is 5.69 Å². The van der Waals surface area contributed by atoms with E-state index in [4.69, 9.17) is 28.3 Å². The molecule has 0 saturated carbocycles. The fourth-order valence-corrected chi connectivity index (χ4v) is 1.72. The number of benzene rings is 1. The molecule has 0 atom stereocenters. The molecule has 0 aliphatic heterocycles. The molecular weight excluding hydrogens is 270 g/mol. The maximum atomic E-state index is 13.7. The number of nitrogens with zero attached hydrogens (tertiary/aromatic N) is 1. The van der Waals surface area contributed by atoms with Crippen LogP contribution in [0.5, 0.6) is 0 Å². The Morgan fingerprint density at radius 3 is 2.59 bits per heavy atom. The largest absolute Gasteiger partial charge is 0.477 e. The van der Waals surface area contributed by atoms with Crippen molar-refractivity contribution in [3.8, 4) is 11.3 Å². The fraction of sp³-hybridized carbons (Fsp3) is 0. The van der Waals surface area contributed by atoms with E-state index in [1.54, 1.807) is 0 Å². The molecule has 7 heteroatoms. The third-order valence-electron chi connectivity index (χ3n) is 2.11. The normalized spacial score (nSPS) is 10.5. The van der Waals surface area contributed by atoms with E-state index < -0.39 is 11.8 Å². The standard InChI is InChI=1S/C10H5Cl2FN2O2/c11-4-1-2-5(12)9(13)8(4)6-3-7(10(16)17)15-14-6/h1-3H,(H,14,15)(H,16,17). The molecule has 88 valence electrons. The lowest BCUT2D eigenvalue weighted by atomic mass is 10.1. The Balaban J connectivity index is 2.60. The van der Waals surface area contributed by atoms with Crippen molar-refractivity contribution < 1.29 is 14.3 Å². The maximum Gasteiger partial charge on any atom is 0.353 e.